The minimum Gasteiger partial charge on any atom is -0.385 e. The maximum atomic E-state index is 5.02. The third kappa shape index (κ3) is 9.73. The van der Waals surface area contributed by atoms with Gasteiger partial charge in [-0.1, -0.05) is 6.92 Å². The van der Waals surface area contributed by atoms with E-state index in [0.717, 1.165) is 51.7 Å². The topological polar surface area (TPSA) is 48.9 Å². The second kappa shape index (κ2) is 12.2. The second-order valence-electron chi connectivity index (χ2n) is 4.76. The molecule has 5 heteroatoms. The number of likely N-dealkylation sites (N-methyl/N-ethyl adjacent to an activating group) is 1. The molecule has 114 valence electrons. The van der Waals surface area contributed by atoms with E-state index in [0.29, 0.717) is 6.04 Å². The van der Waals surface area contributed by atoms with E-state index in [1.165, 1.54) is 0 Å². The molecule has 0 rings (SSSR count). The minimum absolute atomic E-state index is 0.591. The van der Waals surface area contributed by atoms with Crippen LogP contribution >= 0.6 is 0 Å². The first-order valence-corrected chi connectivity index (χ1v) is 7.40. The van der Waals surface area contributed by atoms with E-state index < -0.39 is 0 Å². The summed E-state index contributed by atoms with van der Waals surface area (Å²) in [5.41, 5.74) is 0. The van der Waals surface area contributed by atoms with Crippen molar-refractivity contribution in [2.45, 2.75) is 40.2 Å². The molecule has 0 aromatic heterocycles. The van der Waals surface area contributed by atoms with Crippen molar-refractivity contribution in [3.05, 3.63) is 0 Å². The molecule has 2 N–H and O–H groups in total. The molecule has 19 heavy (non-hydrogen) atoms. The molecule has 0 amide bonds. The summed E-state index contributed by atoms with van der Waals surface area (Å²) in [6, 6.07) is 0.591. The number of hydrogen-bond acceptors (Lipinski definition) is 3. The van der Waals surface area contributed by atoms with Crippen LogP contribution in [0.1, 0.15) is 34.1 Å². The smallest absolute Gasteiger partial charge is 0.191 e. The van der Waals surface area contributed by atoms with Crippen LogP contribution in [-0.2, 0) is 4.74 Å². The molecule has 0 bridgehead atoms. The van der Waals surface area contributed by atoms with Gasteiger partial charge >= 0.3 is 0 Å². The van der Waals surface area contributed by atoms with Gasteiger partial charge in [0.25, 0.3) is 0 Å². The number of nitrogens with zero attached hydrogens (tertiary/aromatic N) is 2. The van der Waals surface area contributed by atoms with Crippen LogP contribution in [0, 0.1) is 0 Å². The first-order chi connectivity index (χ1) is 9.15. The highest BCUT2D eigenvalue weighted by molar-refractivity contribution is 5.79. The minimum atomic E-state index is 0.591. The summed E-state index contributed by atoms with van der Waals surface area (Å²) < 4.78 is 5.02. The van der Waals surface area contributed by atoms with Gasteiger partial charge in [-0.25, -0.2) is 0 Å². The fourth-order valence-electron chi connectivity index (χ4n) is 1.84. The number of hydrogen-bond donors (Lipinski definition) is 2. The van der Waals surface area contributed by atoms with Gasteiger partial charge in [-0.05, 0) is 33.7 Å². The third-order valence-electron chi connectivity index (χ3n) is 2.95. The van der Waals surface area contributed by atoms with E-state index in [4.69, 9.17) is 4.74 Å². The highest BCUT2D eigenvalue weighted by atomic mass is 16.5. The van der Waals surface area contributed by atoms with Gasteiger partial charge < -0.3 is 15.4 Å². The number of guanidine groups is 1. The van der Waals surface area contributed by atoms with Crippen molar-refractivity contribution in [3.63, 3.8) is 0 Å². The Labute approximate surface area is 118 Å². The van der Waals surface area contributed by atoms with Gasteiger partial charge in [-0.15, -0.1) is 0 Å². The number of ether oxygens (including phenoxy) is 1. The summed E-state index contributed by atoms with van der Waals surface area (Å²) in [5.74, 6) is 0.901. The predicted molar refractivity (Wildman–Crippen MR) is 82.9 cm³/mol. The molecule has 0 aliphatic heterocycles. The van der Waals surface area contributed by atoms with Gasteiger partial charge in [0.05, 0.1) is 0 Å². The number of aliphatic imine (C=N–C) groups is 1. The highest BCUT2D eigenvalue weighted by Crippen LogP contribution is 1.95. The van der Waals surface area contributed by atoms with Crippen LogP contribution in [0.25, 0.3) is 0 Å². The van der Waals surface area contributed by atoms with E-state index in [1.807, 2.05) is 0 Å². The average Bonchev–Trinajstić information content (AvgIpc) is 2.39. The third-order valence-corrected chi connectivity index (χ3v) is 2.95. The Kier molecular flexibility index (Phi) is 11.7. The van der Waals surface area contributed by atoms with Crippen molar-refractivity contribution in [2.24, 2.45) is 4.99 Å². The molecule has 0 radical (unpaired) electrons. The van der Waals surface area contributed by atoms with Crippen molar-refractivity contribution in [2.75, 3.05) is 46.4 Å². The Morgan fingerprint density at radius 3 is 2.53 bits per heavy atom. The van der Waals surface area contributed by atoms with E-state index in [-0.39, 0.29) is 0 Å². The maximum Gasteiger partial charge on any atom is 0.191 e. The zero-order chi connectivity index (χ0) is 14.5. The van der Waals surface area contributed by atoms with Crippen LogP contribution in [0.15, 0.2) is 4.99 Å². The summed E-state index contributed by atoms with van der Waals surface area (Å²) in [7, 11) is 1.72. The van der Waals surface area contributed by atoms with Gasteiger partial charge in [-0.3, -0.25) is 9.89 Å². The Morgan fingerprint density at radius 2 is 2.00 bits per heavy atom. The summed E-state index contributed by atoms with van der Waals surface area (Å²) in [6.07, 6.45) is 0.958. The fourth-order valence-corrected chi connectivity index (χ4v) is 1.84. The first-order valence-electron chi connectivity index (χ1n) is 7.40. The first kappa shape index (κ1) is 18.2. The largest absolute Gasteiger partial charge is 0.385 e. The second-order valence-corrected chi connectivity index (χ2v) is 4.76. The lowest BCUT2D eigenvalue weighted by Crippen LogP contribution is -2.43. The fraction of sp³-hybridized carbons (Fsp3) is 0.929. The lowest BCUT2D eigenvalue weighted by molar-refractivity contribution is 0.197. The molecule has 0 aromatic rings. The number of rotatable bonds is 10. The predicted octanol–water partition coefficient (Wildman–Crippen LogP) is 1.31. The van der Waals surface area contributed by atoms with Crippen molar-refractivity contribution in [1.82, 2.24) is 15.5 Å². The quantitative estimate of drug-likeness (QED) is 0.358. The zero-order valence-electron chi connectivity index (χ0n) is 13.3. The van der Waals surface area contributed by atoms with Gasteiger partial charge in [0.1, 0.15) is 0 Å². The van der Waals surface area contributed by atoms with Gasteiger partial charge in [0.2, 0.25) is 0 Å². The van der Waals surface area contributed by atoms with Crippen molar-refractivity contribution < 1.29 is 4.74 Å². The van der Waals surface area contributed by atoms with Gasteiger partial charge in [-0.2, -0.15) is 0 Å². The highest BCUT2D eigenvalue weighted by Gasteiger charge is 2.06. The van der Waals surface area contributed by atoms with E-state index in [1.54, 1.807) is 7.11 Å². The summed E-state index contributed by atoms with van der Waals surface area (Å²) >= 11 is 0. The molecular weight excluding hydrogens is 240 g/mol. The summed E-state index contributed by atoms with van der Waals surface area (Å²) in [4.78, 5) is 6.95. The molecule has 0 aliphatic rings. The van der Waals surface area contributed by atoms with Gasteiger partial charge in [0.15, 0.2) is 5.96 Å². The van der Waals surface area contributed by atoms with Crippen molar-refractivity contribution >= 4 is 5.96 Å². The Morgan fingerprint density at radius 1 is 1.26 bits per heavy atom. The van der Waals surface area contributed by atoms with Crippen LogP contribution in [0.4, 0.5) is 0 Å². The normalized spacial score (nSPS) is 12.3. The molecule has 0 saturated carbocycles. The van der Waals surface area contributed by atoms with E-state index >= 15 is 0 Å². The van der Waals surface area contributed by atoms with Gasteiger partial charge in [0, 0.05) is 45.9 Å². The zero-order valence-corrected chi connectivity index (χ0v) is 13.3. The molecule has 0 atom stereocenters. The molecule has 0 fully saturated rings. The Bertz CT molecular complexity index is 231. The Hall–Kier alpha value is -0.810. The standard InChI is InChI=1S/C14H32N4O/c1-6-15-14(16-9-8-12-19-5)17-10-11-18(7-2)13(3)4/h13H,6-12H2,1-5H3,(H2,15,16,17). The monoisotopic (exact) mass is 272 g/mol. The van der Waals surface area contributed by atoms with Crippen LogP contribution in [-0.4, -0.2) is 63.3 Å². The van der Waals surface area contributed by atoms with Crippen LogP contribution in [0.3, 0.4) is 0 Å². The number of nitrogens with one attached hydrogen (secondary N) is 2. The lowest BCUT2D eigenvalue weighted by Gasteiger charge is -2.25. The van der Waals surface area contributed by atoms with Crippen LogP contribution < -0.4 is 10.6 Å². The van der Waals surface area contributed by atoms with E-state index in [2.05, 4.69) is 48.2 Å². The van der Waals surface area contributed by atoms with Crippen molar-refractivity contribution in [1.29, 1.82) is 0 Å². The van der Waals surface area contributed by atoms with Crippen LogP contribution in [0.2, 0.25) is 0 Å². The number of methoxy groups -OCH3 is 1. The molecular formula is C14H32N4O. The SMILES string of the molecule is CCNC(=NCCCOC)NCCN(CC)C(C)C. The summed E-state index contributed by atoms with van der Waals surface area (Å²) in [5, 5.41) is 6.63. The van der Waals surface area contributed by atoms with Crippen molar-refractivity contribution in [3.8, 4) is 0 Å². The summed E-state index contributed by atoms with van der Waals surface area (Å²) in [6.45, 7) is 14.2. The lowest BCUT2D eigenvalue weighted by atomic mass is 10.3. The molecule has 0 heterocycles. The molecule has 0 spiro atoms. The molecule has 0 unspecified atom stereocenters. The Balaban J connectivity index is 3.98. The van der Waals surface area contributed by atoms with Crippen LogP contribution in [0.5, 0.6) is 0 Å². The molecule has 0 aromatic carbocycles. The molecule has 5 nitrogen and oxygen atoms in total. The molecule has 0 saturated heterocycles. The molecule has 0 aliphatic carbocycles. The van der Waals surface area contributed by atoms with E-state index in [9.17, 15) is 0 Å². The maximum absolute atomic E-state index is 5.02. The average molecular weight is 272 g/mol.